The summed E-state index contributed by atoms with van der Waals surface area (Å²) in [5.74, 6) is -0.429. The van der Waals surface area contributed by atoms with Crippen LogP contribution >= 0.6 is 0 Å². The normalized spacial score (nSPS) is 13.8. The molecule has 96 valence electrons. The molecule has 1 aromatic rings. The zero-order valence-corrected chi connectivity index (χ0v) is 9.18. The first-order valence-electron chi connectivity index (χ1n) is 5.00. The summed E-state index contributed by atoms with van der Waals surface area (Å²) < 4.78 is 49.0. The van der Waals surface area contributed by atoms with Crippen molar-refractivity contribution in [2.45, 2.75) is 19.1 Å². The van der Waals surface area contributed by atoms with Gasteiger partial charge in [0, 0.05) is 0 Å². The van der Waals surface area contributed by atoms with Crippen LogP contribution in [-0.2, 0) is 0 Å². The van der Waals surface area contributed by atoms with E-state index in [1.54, 1.807) is 0 Å². The number of nitrogens with one attached hydrogen (secondary N) is 1. The smallest absolute Gasteiger partial charge is 0.394 e. The Labute approximate surface area is 96.3 Å². The zero-order valence-electron chi connectivity index (χ0n) is 9.18. The van der Waals surface area contributed by atoms with Crippen LogP contribution in [0.4, 0.5) is 17.6 Å². The average Bonchev–Trinajstić information content (AvgIpc) is 2.22. The number of hydrogen-bond donors (Lipinski definition) is 2. The molecule has 2 N–H and O–H groups in total. The molecule has 0 amide bonds. The molecule has 0 aliphatic heterocycles. The van der Waals surface area contributed by atoms with E-state index in [1.165, 1.54) is 25.1 Å². The van der Waals surface area contributed by atoms with E-state index in [9.17, 15) is 17.6 Å². The Hall–Kier alpha value is -1.14. The van der Waals surface area contributed by atoms with Crippen molar-refractivity contribution in [3.63, 3.8) is 0 Å². The lowest BCUT2D eigenvalue weighted by Crippen LogP contribution is -2.33. The molecule has 0 aliphatic carbocycles. The molecule has 1 rings (SSSR count). The highest BCUT2D eigenvalue weighted by molar-refractivity contribution is 5.26. The molecule has 0 radical (unpaired) electrons. The highest BCUT2D eigenvalue weighted by Crippen LogP contribution is 2.19. The highest BCUT2D eigenvalue weighted by atomic mass is 19.4. The van der Waals surface area contributed by atoms with Gasteiger partial charge in [-0.15, -0.1) is 0 Å². The van der Waals surface area contributed by atoms with Gasteiger partial charge in [-0.3, -0.25) is 5.32 Å². The quantitative estimate of drug-likeness (QED) is 0.805. The fourth-order valence-corrected chi connectivity index (χ4v) is 1.41. The number of aliphatic hydroxyl groups is 1. The van der Waals surface area contributed by atoms with Gasteiger partial charge in [0.25, 0.3) is 0 Å². The van der Waals surface area contributed by atoms with E-state index in [4.69, 9.17) is 5.11 Å². The summed E-state index contributed by atoms with van der Waals surface area (Å²) in [6.45, 7) is -0.174. The van der Waals surface area contributed by atoms with Crippen LogP contribution in [-0.4, -0.2) is 24.4 Å². The van der Waals surface area contributed by atoms with Gasteiger partial charge in [-0.2, -0.15) is 13.2 Å². The van der Waals surface area contributed by atoms with E-state index in [2.05, 4.69) is 5.32 Å². The molecule has 1 atom stereocenters. The first kappa shape index (κ1) is 13.9. The van der Waals surface area contributed by atoms with Crippen molar-refractivity contribution in [1.82, 2.24) is 5.32 Å². The minimum absolute atomic E-state index is 0.328. The first-order chi connectivity index (χ1) is 7.83. The Kier molecular flexibility index (Phi) is 4.47. The Morgan fingerprint density at radius 1 is 1.35 bits per heavy atom. The van der Waals surface area contributed by atoms with Crippen LogP contribution in [0.2, 0.25) is 0 Å². The maximum atomic E-state index is 13.0. The van der Waals surface area contributed by atoms with Gasteiger partial charge in [-0.1, -0.05) is 12.1 Å². The molecule has 2 nitrogen and oxygen atoms in total. The van der Waals surface area contributed by atoms with Gasteiger partial charge in [0.15, 0.2) is 0 Å². The molecule has 17 heavy (non-hydrogen) atoms. The molecule has 0 aromatic heterocycles. The molecule has 6 heteroatoms. The summed E-state index contributed by atoms with van der Waals surface area (Å²) >= 11 is 0. The van der Waals surface area contributed by atoms with Crippen molar-refractivity contribution in [3.05, 3.63) is 35.1 Å². The van der Waals surface area contributed by atoms with Crippen molar-refractivity contribution >= 4 is 0 Å². The minimum Gasteiger partial charge on any atom is -0.394 e. The van der Waals surface area contributed by atoms with Crippen LogP contribution in [0.15, 0.2) is 18.2 Å². The van der Waals surface area contributed by atoms with Gasteiger partial charge < -0.3 is 5.11 Å². The maximum Gasteiger partial charge on any atom is 0.401 e. The third-order valence-electron chi connectivity index (χ3n) is 2.32. The second-order valence-corrected chi connectivity index (χ2v) is 3.74. The van der Waals surface area contributed by atoms with Gasteiger partial charge in [0.1, 0.15) is 5.82 Å². The number of alkyl halides is 3. The van der Waals surface area contributed by atoms with Gasteiger partial charge in [0.2, 0.25) is 0 Å². The summed E-state index contributed by atoms with van der Waals surface area (Å²) in [6.07, 6.45) is -4.34. The van der Waals surface area contributed by atoms with Crippen molar-refractivity contribution in [2.24, 2.45) is 0 Å². The molecule has 0 heterocycles. The molecule has 1 unspecified atom stereocenters. The van der Waals surface area contributed by atoms with Crippen molar-refractivity contribution in [2.75, 3.05) is 13.2 Å². The average molecular weight is 251 g/mol. The number of aryl methyl sites for hydroxylation is 1. The van der Waals surface area contributed by atoms with Crippen LogP contribution in [0.1, 0.15) is 17.2 Å². The van der Waals surface area contributed by atoms with Crippen LogP contribution < -0.4 is 5.32 Å². The maximum absolute atomic E-state index is 13.0. The molecule has 0 fully saturated rings. The van der Waals surface area contributed by atoms with Gasteiger partial charge >= 0.3 is 6.18 Å². The molecule has 0 spiro atoms. The summed E-state index contributed by atoms with van der Waals surface area (Å²) in [7, 11) is 0. The SMILES string of the molecule is Cc1cc(C(CO)NCC(F)(F)F)ccc1F. The van der Waals surface area contributed by atoms with E-state index < -0.39 is 31.2 Å². The minimum atomic E-state index is -4.34. The number of rotatable bonds is 4. The molecule has 0 saturated carbocycles. The zero-order chi connectivity index (χ0) is 13.1. The molecular formula is C11H13F4NO. The van der Waals surface area contributed by atoms with Gasteiger partial charge in [0.05, 0.1) is 19.2 Å². The second-order valence-electron chi connectivity index (χ2n) is 3.74. The molecule has 0 saturated heterocycles. The van der Waals surface area contributed by atoms with Gasteiger partial charge in [-0.25, -0.2) is 4.39 Å². The standard InChI is InChI=1S/C11H13F4NO/c1-7-4-8(2-3-9(7)12)10(5-17)16-6-11(13,14)15/h2-4,10,16-17H,5-6H2,1H3. The summed E-state index contributed by atoms with van der Waals surface area (Å²) in [5, 5.41) is 11.2. The van der Waals surface area contributed by atoms with Crippen molar-refractivity contribution < 1.29 is 22.7 Å². The van der Waals surface area contributed by atoms with Crippen LogP contribution in [0.5, 0.6) is 0 Å². The number of aliphatic hydroxyl groups excluding tert-OH is 1. The van der Waals surface area contributed by atoms with Crippen LogP contribution in [0.25, 0.3) is 0 Å². The van der Waals surface area contributed by atoms with E-state index in [0.717, 1.165) is 0 Å². The number of hydrogen-bond acceptors (Lipinski definition) is 2. The predicted octanol–water partition coefficient (Wildman–Crippen LogP) is 2.32. The molecular weight excluding hydrogens is 238 g/mol. The Balaban J connectivity index is 2.76. The molecule has 1 aromatic carbocycles. The summed E-state index contributed by atoms with van der Waals surface area (Å²) in [5.41, 5.74) is 0.755. The number of halogens is 4. The second kappa shape index (κ2) is 5.46. The van der Waals surface area contributed by atoms with Crippen LogP contribution in [0, 0.1) is 12.7 Å². The topological polar surface area (TPSA) is 32.3 Å². The fraction of sp³-hybridized carbons (Fsp3) is 0.455. The van der Waals surface area contributed by atoms with E-state index >= 15 is 0 Å². The Bertz CT molecular complexity index is 378. The van der Waals surface area contributed by atoms with Crippen molar-refractivity contribution in [1.29, 1.82) is 0 Å². The lowest BCUT2D eigenvalue weighted by atomic mass is 10.0. The first-order valence-corrected chi connectivity index (χ1v) is 5.00. The van der Waals surface area contributed by atoms with E-state index in [0.29, 0.717) is 11.1 Å². The molecule has 0 bridgehead atoms. The Morgan fingerprint density at radius 2 is 2.00 bits per heavy atom. The van der Waals surface area contributed by atoms with Crippen molar-refractivity contribution in [3.8, 4) is 0 Å². The Morgan fingerprint density at radius 3 is 2.47 bits per heavy atom. The summed E-state index contributed by atoms with van der Waals surface area (Å²) in [4.78, 5) is 0. The van der Waals surface area contributed by atoms with E-state index in [1.807, 2.05) is 0 Å². The summed E-state index contributed by atoms with van der Waals surface area (Å²) in [6, 6.07) is 3.09. The van der Waals surface area contributed by atoms with Gasteiger partial charge in [-0.05, 0) is 24.1 Å². The lowest BCUT2D eigenvalue weighted by Gasteiger charge is -2.18. The third-order valence-corrected chi connectivity index (χ3v) is 2.32. The molecule has 0 aliphatic rings. The monoisotopic (exact) mass is 251 g/mol. The predicted molar refractivity (Wildman–Crippen MR) is 55.0 cm³/mol. The van der Waals surface area contributed by atoms with E-state index in [-0.39, 0.29) is 0 Å². The lowest BCUT2D eigenvalue weighted by molar-refractivity contribution is -0.126. The fourth-order valence-electron chi connectivity index (χ4n) is 1.41. The van der Waals surface area contributed by atoms with Crippen LogP contribution in [0.3, 0.4) is 0 Å². The largest absolute Gasteiger partial charge is 0.401 e. The number of benzene rings is 1. The highest BCUT2D eigenvalue weighted by Gasteiger charge is 2.28. The third kappa shape index (κ3) is 4.32.